The Morgan fingerprint density at radius 3 is 2.71 bits per heavy atom. The lowest BCUT2D eigenvalue weighted by Crippen LogP contribution is -2.08. The molecule has 88 valence electrons. The van der Waals surface area contributed by atoms with Crippen molar-refractivity contribution in [2.45, 2.75) is 13.3 Å². The lowest BCUT2D eigenvalue weighted by molar-refractivity contribution is 0.151. The van der Waals surface area contributed by atoms with Crippen molar-refractivity contribution in [1.29, 1.82) is 0 Å². The van der Waals surface area contributed by atoms with E-state index in [4.69, 9.17) is 0 Å². The minimum Gasteiger partial charge on any atom is -0.307 e. The minimum absolute atomic E-state index is 0.0911. The highest BCUT2D eigenvalue weighted by Gasteiger charge is 2.09. The van der Waals surface area contributed by atoms with Gasteiger partial charge < -0.3 is 4.98 Å². The van der Waals surface area contributed by atoms with Gasteiger partial charge in [-0.05, 0) is 13.0 Å². The maximum atomic E-state index is 12.5. The number of nitrogens with one attached hydrogen (secondary N) is 1. The molecule has 0 saturated heterocycles. The number of aromatic amines is 1. The van der Waals surface area contributed by atoms with Gasteiger partial charge in [0.2, 0.25) is 0 Å². The molecule has 0 spiro atoms. The molecule has 5 heteroatoms. The number of H-pyrrole nitrogens is 1. The molecule has 2 aromatic rings. The van der Waals surface area contributed by atoms with Crippen molar-refractivity contribution in [1.82, 2.24) is 9.97 Å². The molecule has 2 rings (SSSR count). The fraction of sp³-hybridized carbons (Fsp3) is 0.167. The van der Waals surface area contributed by atoms with Crippen LogP contribution in [0.25, 0.3) is 11.4 Å². The molecule has 17 heavy (non-hydrogen) atoms. The standard InChI is InChI=1S/C12H10F2N2O/c1-7-5-10(17)16-12(15-7)9-4-2-3-8(6-9)11(13)14/h2-6,11H,1H3,(H,15,16,17). The number of benzene rings is 1. The van der Waals surface area contributed by atoms with E-state index in [-0.39, 0.29) is 11.1 Å². The Morgan fingerprint density at radius 2 is 2.06 bits per heavy atom. The monoisotopic (exact) mass is 236 g/mol. The van der Waals surface area contributed by atoms with Crippen molar-refractivity contribution in [2.24, 2.45) is 0 Å². The molecule has 0 unspecified atom stereocenters. The second-order valence-corrected chi connectivity index (χ2v) is 3.66. The fourth-order valence-electron chi connectivity index (χ4n) is 1.54. The number of nitrogens with zero attached hydrogens (tertiary/aromatic N) is 1. The number of alkyl halides is 2. The van der Waals surface area contributed by atoms with E-state index in [2.05, 4.69) is 9.97 Å². The first kappa shape index (κ1) is 11.4. The van der Waals surface area contributed by atoms with E-state index in [1.165, 1.54) is 24.3 Å². The highest BCUT2D eigenvalue weighted by atomic mass is 19.3. The van der Waals surface area contributed by atoms with Crippen LogP contribution in [0.3, 0.4) is 0 Å². The summed E-state index contributed by atoms with van der Waals surface area (Å²) in [6, 6.07) is 7.15. The molecule has 0 amide bonds. The van der Waals surface area contributed by atoms with Gasteiger partial charge in [-0.1, -0.05) is 18.2 Å². The largest absolute Gasteiger partial charge is 0.307 e. The highest BCUT2D eigenvalue weighted by Crippen LogP contribution is 2.23. The van der Waals surface area contributed by atoms with Crippen molar-refractivity contribution in [3.63, 3.8) is 0 Å². The number of hydrogen-bond donors (Lipinski definition) is 1. The van der Waals surface area contributed by atoms with Crippen LogP contribution in [0, 0.1) is 6.92 Å². The van der Waals surface area contributed by atoms with Gasteiger partial charge in [0.25, 0.3) is 12.0 Å². The molecular formula is C12H10F2N2O. The topological polar surface area (TPSA) is 45.8 Å². The Morgan fingerprint density at radius 1 is 1.29 bits per heavy atom. The van der Waals surface area contributed by atoms with E-state index in [1.54, 1.807) is 13.0 Å². The summed E-state index contributed by atoms with van der Waals surface area (Å²) >= 11 is 0. The zero-order valence-corrected chi connectivity index (χ0v) is 9.08. The third kappa shape index (κ3) is 2.55. The normalized spacial score (nSPS) is 10.8. The van der Waals surface area contributed by atoms with Crippen molar-refractivity contribution in [2.75, 3.05) is 0 Å². The highest BCUT2D eigenvalue weighted by molar-refractivity contribution is 5.56. The van der Waals surface area contributed by atoms with Gasteiger partial charge in [-0.2, -0.15) is 0 Å². The average molecular weight is 236 g/mol. The predicted molar refractivity (Wildman–Crippen MR) is 60.0 cm³/mol. The van der Waals surface area contributed by atoms with Gasteiger partial charge in [0, 0.05) is 22.9 Å². The van der Waals surface area contributed by atoms with Gasteiger partial charge in [-0.3, -0.25) is 4.79 Å². The molecular weight excluding hydrogens is 226 g/mol. The Kier molecular flexibility index (Phi) is 2.99. The van der Waals surface area contributed by atoms with Crippen LogP contribution in [0.2, 0.25) is 0 Å². The van der Waals surface area contributed by atoms with E-state index in [9.17, 15) is 13.6 Å². The summed E-state index contributed by atoms with van der Waals surface area (Å²) in [6.45, 7) is 1.68. The number of aromatic nitrogens is 2. The third-order valence-corrected chi connectivity index (χ3v) is 2.28. The lowest BCUT2D eigenvalue weighted by Gasteiger charge is -2.04. The molecule has 1 N–H and O–H groups in total. The first-order chi connectivity index (χ1) is 8.06. The van der Waals surface area contributed by atoms with E-state index >= 15 is 0 Å². The quantitative estimate of drug-likeness (QED) is 0.871. The van der Waals surface area contributed by atoms with E-state index in [1.807, 2.05) is 0 Å². The molecule has 1 aromatic heterocycles. The zero-order valence-electron chi connectivity index (χ0n) is 9.08. The molecule has 1 aromatic carbocycles. The van der Waals surface area contributed by atoms with Crippen LogP contribution in [-0.4, -0.2) is 9.97 Å². The first-order valence-electron chi connectivity index (χ1n) is 5.03. The number of halogens is 2. The number of aryl methyl sites for hydroxylation is 1. The lowest BCUT2D eigenvalue weighted by atomic mass is 10.1. The Labute approximate surface area is 96.2 Å². The molecule has 0 radical (unpaired) electrons. The van der Waals surface area contributed by atoms with Gasteiger partial charge in [-0.25, -0.2) is 13.8 Å². The summed E-state index contributed by atoms with van der Waals surface area (Å²) in [5.74, 6) is 0.303. The van der Waals surface area contributed by atoms with Crippen LogP contribution < -0.4 is 5.56 Å². The molecule has 0 aliphatic rings. The SMILES string of the molecule is Cc1cc(=O)[nH]c(-c2cccc(C(F)F)c2)n1. The second kappa shape index (κ2) is 4.45. The molecule has 0 atom stereocenters. The van der Waals surface area contributed by atoms with E-state index in [0.717, 1.165) is 0 Å². The van der Waals surface area contributed by atoms with E-state index in [0.29, 0.717) is 17.1 Å². The van der Waals surface area contributed by atoms with Gasteiger partial charge in [0.05, 0.1) is 0 Å². The summed E-state index contributed by atoms with van der Waals surface area (Å²) in [7, 11) is 0. The zero-order chi connectivity index (χ0) is 12.4. The number of hydrogen-bond acceptors (Lipinski definition) is 2. The maximum Gasteiger partial charge on any atom is 0.263 e. The van der Waals surface area contributed by atoms with Crippen LogP contribution in [0.15, 0.2) is 35.1 Å². The molecule has 0 fully saturated rings. The van der Waals surface area contributed by atoms with Gasteiger partial charge in [0.15, 0.2) is 0 Å². The second-order valence-electron chi connectivity index (χ2n) is 3.66. The molecule has 1 heterocycles. The van der Waals surface area contributed by atoms with Gasteiger partial charge in [-0.15, -0.1) is 0 Å². The van der Waals surface area contributed by atoms with Crippen LogP contribution in [0.4, 0.5) is 8.78 Å². The van der Waals surface area contributed by atoms with Crippen molar-refractivity contribution >= 4 is 0 Å². The Hall–Kier alpha value is -2.04. The van der Waals surface area contributed by atoms with Crippen molar-refractivity contribution < 1.29 is 8.78 Å². The maximum absolute atomic E-state index is 12.5. The molecule has 0 aliphatic carbocycles. The van der Waals surface area contributed by atoms with E-state index < -0.39 is 6.43 Å². The molecule has 0 saturated carbocycles. The summed E-state index contributed by atoms with van der Waals surface area (Å²) in [5.41, 5.74) is 0.636. The fourth-order valence-corrected chi connectivity index (χ4v) is 1.54. The summed E-state index contributed by atoms with van der Waals surface area (Å²) in [4.78, 5) is 17.9. The smallest absolute Gasteiger partial charge is 0.263 e. The van der Waals surface area contributed by atoms with Crippen LogP contribution in [-0.2, 0) is 0 Å². The average Bonchev–Trinajstić information content (AvgIpc) is 2.28. The predicted octanol–water partition coefficient (Wildman–Crippen LogP) is 2.68. The Balaban J connectivity index is 2.52. The summed E-state index contributed by atoms with van der Waals surface area (Å²) in [5, 5.41) is 0. The van der Waals surface area contributed by atoms with Crippen LogP contribution in [0.5, 0.6) is 0 Å². The minimum atomic E-state index is -2.54. The van der Waals surface area contributed by atoms with Crippen molar-refractivity contribution in [3.05, 3.63) is 51.9 Å². The molecule has 3 nitrogen and oxygen atoms in total. The molecule has 0 bridgehead atoms. The van der Waals surface area contributed by atoms with Gasteiger partial charge in [0.1, 0.15) is 5.82 Å². The number of rotatable bonds is 2. The Bertz CT molecular complexity index is 593. The molecule has 0 aliphatic heterocycles. The summed E-state index contributed by atoms with van der Waals surface area (Å²) < 4.78 is 25.1. The first-order valence-corrected chi connectivity index (χ1v) is 5.03. The van der Waals surface area contributed by atoms with Crippen molar-refractivity contribution in [3.8, 4) is 11.4 Å². The van der Waals surface area contributed by atoms with Crippen LogP contribution in [0.1, 0.15) is 17.7 Å². The van der Waals surface area contributed by atoms with Crippen LogP contribution >= 0.6 is 0 Å². The summed E-state index contributed by atoms with van der Waals surface area (Å²) in [6.07, 6.45) is -2.54. The third-order valence-electron chi connectivity index (χ3n) is 2.28. The van der Waals surface area contributed by atoms with Gasteiger partial charge >= 0.3 is 0 Å².